The monoisotopic (exact) mass is 325 g/mol. The Morgan fingerprint density at radius 2 is 1.83 bits per heavy atom. The van der Waals surface area contributed by atoms with Crippen molar-refractivity contribution in [3.8, 4) is 0 Å². The van der Waals surface area contributed by atoms with Gasteiger partial charge >= 0.3 is 0 Å². The maximum absolute atomic E-state index is 14.0. The third kappa shape index (κ3) is 3.50. The van der Waals surface area contributed by atoms with Crippen LogP contribution < -0.4 is 5.32 Å². The minimum Gasteiger partial charge on any atom is -0.311 e. The number of benzene rings is 1. The number of nitrogens with zero attached hydrogens (tertiary/aromatic N) is 2. The molecule has 0 bridgehead atoms. The quantitative estimate of drug-likeness (QED) is 0.686. The average Bonchev–Trinajstić information content (AvgIpc) is 2.55. The van der Waals surface area contributed by atoms with Gasteiger partial charge < -0.3 is 5.32 Å². The molecule has 1 unspecified atom stereocenters. The van der Waals surface area contributed by atoms with Crippen LogP contribution in [0.5, 0.6) is 0 Å². The zero-order chi connectivity index (χ0) is 16.4. The highest BCUT2D eigenvalue weighted by molar-refractivity contribution is 5.34. The summed E-state index contributed by atoms with van der Waals surface area (Å²) in [6, 6.07) is 5.95. The number of nitro benzene ring substituents is 1. The lowest BCUT2D eigenvalue weighted by Gasteiger charge is -2.43. The Balaban J connectivity index is 1.60. The van der Waals surface area contributed by atoms with E-state index in [0.717, 1.165) is 18.4 Å². The van der Waals surface area contributed by atoms with Gasteiger partial charge in [-0.3, -0.25) is 15.0 Å². The minimum absolute atomic E-state index is 0.0838. The largest absolute Gasteiger partial charge is 0.311 e. The number of non-ortho nitro benzene ring substituents is 1. The van der Waals surface area contributed by atoms with Gasteiger partial charge in [0, 0.05) is 12.1 Å². The van der Waals surface area contributed by atoms with E-state index in [9.17, 15) is 18.9 Å². The Morgan fingerprint density at radius 3 is 2.39 bits per heavy atom. The predicted octanol–water partition coefficient (Wildman–Crippen LogP) is 2.77. The molecule has 1 atom stereocenters. The van der Waals surface area contributed by atoms with Crippen molar-refractivity contribution in [1.29, 1.82) is 0 Å². The first-order valence-electron chi connectivity index (χ1n) is 8.04. The second kappa shape index (κ2) is 6.49. The number of hydrogen-bond donors (Lipinski definition) is 1. The first kappa shape index (κ1) is 16.3. The van der Waals surface area contributed by atoms with Crippen molar-refractivity contribution in [3.63, 3.8) is 0 Å². The summed E-state index contributed by atoms with van der Waals surface area (Å²) >= 11 is 0. The number of nitrogens with one attached hydrogen (secondary N) is 1. The molecular weight excluding hydrogens is 304 g/mol. The van der Waals surface area contributed by atoms with E-state index >= 15 is 0 Å². The number of likely N-dealkylation sites (tertiary alicyclic amines) is 1. The molecule has 5 nitrogen and oxygen atoms in total. The minimum atomic E-state index is -2.67. The molecule has 0 spiro atoms. The van der Waals surface area contributed by atoms with Crippen molar-refractivity contribution in [2.45, 2.75) is 37.1 Å². The molecule has 2 aliphatic rings. The number of halogens is 2. The molecule has 2 aliphatic heterocycles. The Bertz CT molecular complexity index is 557. The number of piperidine rings is 2. The molecule has 7 heteroatoms. The first-order chi connectivity index (χ1) is 11.0. The van der Waals surface area contributed by atoms with Gasteiger partial charge in [0.2, 0.25) is 0 Å². The molecular formula is C16H21F2N3O2. The molecule has 23 heavy (non-hydrogen) atoms. The van der Waals surface area contributed by atoms with Crippen LogP contribution in [0.3, 0.4) is 0 Å². The Hall–Kier alpha value is -1.60. The lowest BCUT2D eigenvalue weighted by molar-refractivity contribution is -0.384. The van der Waals surface area contributed by atoms with E-state index in [4.69, 9.17) is 0 Å². The van der Waals surface area contributed by atoms with Crippen molar-refractivity contribution in [2.24, 2.45) is 0 Å². The first-order valence-corrected chi connectivity index (χ1v) is 8.04. The molecule has 2 saturated heterocycles. The van der Waals surface area contributed by atoms with E-state index in [2.05, 4.69) is 5.32 Å². The zero-order valence-corrected chi connectivity index (χ0v) is 12.9. The van der Waals surface area contributed by atoms with Crippen LogP contribution in [-0.2, 0) is 0 Å². The van der Waals surface area contributed by atoms with Gasteiger partial charge in [0.25, 0.3) is 11.6 Å². The van der Waals surface area contributed by atoms with E-state index in [1.807, 2.05) is 4.90 Å². The van der Waals surface area contributed by atoms with Gasteiger partial charge in [-0.1, -0.05) is 12.1 Å². The van der Waals surface area contributed by atoms with Crippen LogP contribution in [0.4, 0.5) is 14.5 Å². The van der Waals surface area contributed by atoms with E-state index in [0.29, 0.717) is 32.0 Å². The maximum Gasteiger partial charge on any atom is 0.275 e. The Kier molecular flexibility index (Phi) is 4.59. The predicted molar refractivity (Wildman–Crippen MR) is 82.9 cm³/mol. The van der Waals surface area contributed by atoms with Crippen molar-refractivity contribution < 1.29 is 13.7 Å². The molecule has 1 aromatic rings. The maximum atomic E-state index is 14.0. The van der Waals surface area contributed by atoms with Crippen molar-refractivity contribution in [1.82, 2.24) is 10.2 Å². The highest BCUT2D eigenvalue weighted by Gasteiger charge is 2.45. The van der Waals surface area contributed by atoms with Crippen LogP contribution in [0.1, 0.15) is 30.7 Å². The van der Waals surface area contributed by atoms with Crippen molar-refractivity contribution in [3.05, 3.63) is 39.9 Å². The second-order valence-electron chi connectivity index (χ2n) is 6.40. The average molecular weight is 325 g/mol. The van der Waals surface area contributed by atoms with Crippen LogP contribution in [-0.4, -0.2) is 48.0 Å². The number of alkyl halides is 2. The number of hydrogen-bond acceptors (Lipinski definition) is 4. The lowest BCUT2D eigenvalue weighted by atomic mass is 9.87. The third-order valence-electron chi connectivity index (χ3n) is 4.99. The summed E-state index contributed by atoms with van der Waals surface area (Å²) < 4.78 is 28.1. The summed E-state index contributed by atoms with van der Waals surface area (Å²) in [5.74, 6) is -2.37. The van der Waals surface area contributed by atoms with E-state index in [-0.39, 0.29) is 12.2 Å². The smallest absolute Gasteiger partial charge is 0.275 e. The second-order valence-corrected chi connectivity index (χ2v) is 6.40. The summed E-state index contributed by atoms with van der Waals surface area (Å²) in [6.07, 6.45) is 2.12. The molecule has 1 aromatic carbocycles. The highest BCUT2D eigenvalue weighted by Crippen LogP contribution is 2.34. The molecule has 126 valence electrons. The highest BCUT2D eigenvalue weighted by atomic mass is 19.3. The molecule has 0 aliphatic carbocycles. The molecule has 0 aromatic heterocycles. The van der Waals surface area contributed by atoms with Crippen LogP contribution in [0, 0.1) is 10.1 Å². The van der Waals surface area contributed by atoms with Gasteiger partial charge in [-0.05, 0) is 50.4 Å². The summed E-state index contributed by atoms with van der Waals surface area (Å²) in [4.78, 5) is 12.2. The van der Waals surface area contributed by atoms with Crippen LogP contribution in [0.2, 0.25) is 0 Å². The standard InChI is InChI=1S/C16H21F2N3O2/c17-16(18)11-19-8-5-15(16)20-9-6-13(7-10-20)12-1-3-14(4-2-12)21(22)23/h1-4,13,15,19H,5-11H2. The van der Waals surface area contributed by atoms with Gasteiger partial charge in [-0.2, -0.15) is 0 Å². The Labute approximate surface area is 133 Å². The molecule has 2 fully saturated rings. The fraction of sp³-hybridized carbons (Fsp3) is 0.625. The van der Waals surface area contributed by atoms with Gasteiger partial charge in [0.05, 0.1) is 17.5 Å². The summed E-state index contributed by atoms with van der Waals surface area (Å²) in [5, 5.41) is 13.5. The van der Waals surface area contributed by atoms with Gasteiger partial charge in [0.15, 0.2) is 0 Å². The molecule has 0 saturated carbocycles. The molecule has 0 radical (unpaired) electrons. The summed E-state index contributed by atoms with van der Waals surface area (Å²) in [6.45, 7) is 1.71. The topological polar surface area (TPSA) is 58.4 Å². The van der Waals surface area contributed by atoms with Crippen LogP contribution >= 0.6 is 0 Å². The normalized spacial score (nSPS) is 26.1. The van der Waals surface area contributed by atoms with Gasteiger partial charge in [-0.15, -0.1) is 0 Å². The molecule has 3 rings (SSSR count). The zero-order valence-electron chi connectivity index (χ0n) is 12.9. The van der Waals surface area contributed by atoms with Crippen LogP contribution in [0.25, 0.3) is 0 Å². The van der Waals surface area contributed by atoms with Crippen LogP contribution in [0.15, 0.2) is 24.3 Å². The number of nitro groups is 1. The van der Waals surface area contributed by atoms with Gasteiger partial charge in [0.1, 0.15) is 0 Å². The lowest BCUT2D eigenvalue weighted by Crippen LogP contribution is -2.58. The fourth-order valence-electron chi connectivity index (χ4n) is 3.69. The summed E-state index contributed by atoms with van der Waals surface area (Å²) in [7, 11) is 0. The van der Waals surface area contributed by atoms with E-state index < -0.39 is 16.9 Å². The third-order valence-corrected chi connectivity index (χ3v) is 4.99. The van der Waals surface area contributed by atoms with Gasteiger partial charge in [-0.25, -0.2) is 8.78 Å². The van der Waals surface area contributed by atoms with E-state index in [1.165, 1.54) is 12.1 Å². The number of rotatable bonds is 3. The summed E-state index contributed by atoms with van der Waals surface area (Å²) in [5.41, 5.74) is 1.15. The fourth-order valence-corrected chi connectivity index (χ4v) is 3.69. The molecule has 2 heterocycles. The SMILES string of the molecule is O=[N+]([O-])c1ccc(C2CCN(C3CCNCC3(F)F)CC2)cc1. The Morgan fingerprint density at radius 1 is 1.17 bits per heavy atom. The van der Waals surface area contributed by atoms with Crippen molar-refractivity contribution in [2.75, 3.05) is 26.2 Å². The molecule has 0 amide bonds. The van der Waals surface area contributed by atoms with E-state index in [1.54, 1.807) is 12.1 Å². The van der Waals surface area contributed by atoms with Crippen molar-refractivity contribution >= 4 is 5.69 Å². The molecule has 1 N–H and O–H groups in total.